The molecule has 0 saturated carbocycles. The van der Waals surface area contributed by atoms with E-state index in [9.17, 15) is 22.8 Å². The Balaban J connectivity index is 1.93. The van der Waals surface area contributed by atoms with E-state index in [-0.39, 0.29) is 17.0 Å². The van der Waals surface area contributed by atoms with Crippen LogP contribution in [0.15, 0.2) is 79.1 Å². The summed E-state index contributed by atoms with van der Waals surface area (Å²) in [5.41, 5.74) is 1.46. The number of para-hydroxylation sites is 1. The Morgan fingerprint density at radius 2 is 1.79 bits per heavy atom. The van der Waals surface area contributed by atoms with Gasteiger partial charge in [-0.2, -0.15) is 18.3 Å². The Hall–Kier alpha value is -4.60. The van der Waals surface area contributed by atoms with Crippen LogP contribution < -0.4 is 14.5 Å². The van der Waals surface area contributed by atoms with Crippen LogP contribution in [0, 0.1) is 0 Å². The van der Waals surface area contributed by atoms with Crippen LogP contribution in [0.1, 0.15) is 24.0 Å². The van der Waals surface area contributed by atoms with E-state index in [0.29, 0.717) is 29.8 Å². The predicted octanol–water partition coefficient (Wildman–Crippen LogP) is 6.21. The molecule has 4 rings (SSSR count). The number of alkyl halides is 3. The van der Waals surface area contributed by atoms with Gasteiger partial charge in [-0.3, -0.25) is 14.8 Å². The summed E-state index contributed by atoms with van der Waals surface area (Å²) in [5.74, 6) is -1.83. The third kappa shape index (κ3) is 5.64. The van der Waals surface area contributed by atoms with Crippen molar-refractivity contribution >= 4 is 29.3 Å². The number of nitrogens with one attached hydrogen (secondary N) is 1. The van der Waals surface area contributed by atoms with Crippen molar-refractivity contribution < 1.29 is 27.5 Å². The maximum absolute atomic E-state index is 14.3. The summed E-state index contributed by atoms with van der Waals surface area (Å²) in [5, 5.41) is 6.66. The highest BCUT2D eigenvalue weighted by Gasteiger charge is 2.36. The van der Waals surface area contributed by atoms with Crippen molar-refractivity contribution in [2.45, 2.75) is 19.0 Å². The van der Waals surface area contributed by atoms with Gasteiger partial charge in [0.2, 0.25) is 5.91 Å². The number of hydrogen-bond donors (Lipinski definition) is 1. The molecule has 0 fully saturated rings. The fourth-order valence-electron chi connectivity index (χ4n) is 4.30. The van der Waals surface area contributed by atoms with E-state index in [1.54, 1.807) is 72.9 Å². The van der Waals surface area contributed by atoms with E-state index in [2.05, 4.69) is 10.2 Å². The average molecular weight is 537 g/mol. The maximum atomic E-state index is 14.3. The molecule has 0 aliphatic carbocycles. The molecule has 10 heteroatoms. The van der Waals surface area contributed by atoms with Gasteiger partial charge >= 0.3 is 6.18 Å². The highest BCUT2D eigenvalue weighted by molar-refractivity contribution is 6.13. The Bertz CT molecular complexity index is 1440. The third-order valence-electron chi connectivity index (χ3n) is 6.46. The molecule has 39 heavy (non-hydrogen) atoms. The number of aromatic amines is 1. The smallest absolute Gasteiger partial charge is 0.416 e. The number of nitrogens with zero attached hydrogens (tertiary/aromatic N) is 3. The lowest BCUT2D eigenvalue weighted by atomic mass is 9.93. The molecule has 0 radical (unpaired) electrons. The average Bonchev–Trinajstić information content (AvgIpc) is 3.48. The SMILES string of the molecule is CCN(C)c1ccc(C(F)(F)F)cc1N(C(=O)C(C=O)c1cc(-c2cn[nH]c2)ccc1OC)c1ccccc1. The van der Waals surface area contributed by atoms with E-state index in [1.807, 2.05) is 6.92 Å². The highest BCUT2D eigenvalue weighted by atomic mass is 19.4. The van der Waals surface area contributed by atoms with Crippen molar-refractivity contribution in [3.63, 3.8) is 0 Å². The minimum atomic E-state index is -4.64. The van der Waals surface area contributed by atoms with Crippen molar-refractivity contribution in [1.29, 1.82) is 0 Å². The molecule has 202 valence electrons. The molecule has 0 saturated heterocycles. The van der Waals surface area contributed by atoms with Crippen LogP contribution in [0.25, 0.3) is 11.1 Å². The van der Waals surface area contributed by atoms with Gasteiger partial charge in [-0.05, 0) is 55.0 Å². The quantitative estimate of drug-likeness (QED) is 0.203. The number of H-pyrrole nitrogens is 1. The number of hydrogen-bond acceptors (Lipinski definition) is 5. The van der Waals surface area contributed by atoms with Crippen LogP contribution in [0.4, 0.5) is 30.2 Å². The van der Waals surface area contributed by atoms with E-state index in [1.165, 1.54) is 18.1 Å². The summed E-state index contributed by atoms with van der Waals surface area (Å²) in [7, 11) is 3.13. The molecule has 0 spiro atoms. The largest absolute Gasteiger partial charge is 0.496 e. The number of anilines is 3. The number of aldehydes is 1. The Labute approximate surface area is 223 Å². The zero-order valence-corrected chi connectivity index (χ0v) is 21.6. The number of aromatic nitrogens is 2. The Morgan fingerprint density at radius 1 is 1.05 bits per heavy atom. The van der Waals surface area contributed by atoms with E-state index in [0.717, 1.165) is 17.7 Å². The van der Waals surface area contributed by atoms with Crippen molar-refractivity contribution in [2.24, 2.45) is 0 Å². The number of carbonyl (C=O) groups excluding carboxylic acids is 2. The minimum Gasteiger partial charge on any atom is -0.496 e. The van der Waals surface area contributed by atoms with Crippen LogP contribution in [0.5, 0.6) is 5.75 Å². The zero-order valence-electron chi connectivity index (χ0n) is 21.6. The van der Waals surface area contributed by atoms with Crippen LogP contribution in [0.3, 0.4) is 0 Å². The lowest BCUT2D eigenvalue weighted by molar-refractivity contribution is -0.137. The summed E-state index contributed by atoms with van der Waals surface area (Å²) >= 11 is 0. The van der Waals surface area contributed by atoms with Crippen molar-refractivity contribution in [2.75, 3.05) is 30.5 Å². The summed E-state index contributed by atoms with van der Waals surface area (Å²) in [6.07, 6.45) is -0.911. The zero-order chi connectivity index (χ0) is 28.2. The number of methoxy groups -OCH3 is 1. The van der Waals surface area contributed by atoms with Crippen LogP contribution in [-0.2, 0) is 15.8 Å². The van der Waals surface area contributed by atoms with Gasteiger partial charge in [0.25, 0.3) is 0 Å². The minimum absolute atomic E-state index is 0.00202. The van der Waals surface area contributed by atoms with E-state index in [4.69, 9.17) is 4.74 Å². The summed E-state index contributed by atoms with van der Waals surface area (Å²) in [6.45, 7) is 2.31. The second-order valence-electron chi connectivity index (χ2n) is 8.78. The standard InChI is InChI=1S/C29H27F3N4O3/c1-4-35(2)25-12-11-21(29(30,31)32)15-26(25)36(22-8-6-5-7-9-22)28(38)24(18-37)23-14-19(10-13-27(23)39-3)20-16-33-34-17-20/h5-18,24H,4H2,1-3H3,(H,33,34). The summed E-state index contributed by atoms with van der Waals surface area (Å²) in [4.78, 5) is 29.8. The topological polar surface area (TPSA) is 78.5 Å². The van der Waals surface area contributed by atoms with Gasteiger partial charge < -0.3 is 14.4 Å². The highest BCUT2D eigenvalue weighted by Crippen LogP contribution is 2.42. The molecule has 1 N–H and O–H groups in total. The first-order valence-electron chi connectivity index (χ1n) is 12.1. The molecule has 4 aromatic rings. The van der Waals surface area contributed by atoms with Gasteiger partial charge in [-0.15, -0.1) is 0 Å². The molecule has 1 heterocycles. The first kappa shape index (κ1) is 27.4. The van der Waals surface area contributed by atoms with E-state index < -0.39 is 23.6 Å². The maximum Gasteiger partial charge on any atom is 0.416 e. The van der Waals surface area contributed by atoms with Crippen molar-refractivity contribution in [1.82, 2.24) is 10.2 Å². The predicted molar refractivity (Wildman–Crippen MR) is 143 cm³/mol. The molecule has 1 aromatic heterocycles. The number of benzene rings is 3. The number of amides is 1. The van der Waals surface area contributed by atoms with Gasteiger partial charge in [-0.1, -0.05) is 24.3 Å². The first-order valence-corrected chi connectivity index (χ1v) is 12.1. The van der Waals surface area contributed by atoms with Gasteiger partial charge in [0.05, 0.1) is 30.2 Å². The Kier molecular flexibility index (Phi) is 8.04. The van der Waals surface area contributed by atoms with Gasteiger partial charge in [0.1, 0.15) is 18.0 Å². The van der Waals surface area contributed by atoms with Gasteiger partial charge in [-0.25, -0.2) is 0 Å². The number of carbonyl (C=O) groups is 2. The lowest BCUT2D eigenvalue weighted by Gasteiger charge is -2.31. The van der Waals surface area contributed by atoms with Crippen LogP contribution >= 0.6 is 0 Å². The number of rotatable bonds is 9. The summed E-state index contributed by atoms with van der Waals surface area (Å²) < 4.78 is 46.9. The van der Waals surface area contributed by atoms with Gasteiger partial charge in [0.15, 0.2) is 0 Å². The molecular weight excluding hydrogens is 509 g/mol. The molecular formula is C29H27F3N4O3. The van der Waals surface area contributed by atoms with Crippen LogP contribution in [0.2, 0.25) is 0 Å². The number of ether oxygens (including phenoxy) is 1. The molecule has 0 bridgehead atoms. The molecule has 1 amide bonds. The Morgan fingerprint density at radius 3 is 2.38 bits per heavy atom. The molecule has 0 aliphatic rings. The molecule has 0 aliphatic heterocycles. The van der Waals surface area contributed by atoms with Crippen LogP contribution in [-0.4, -0.2) is 43.1 Å². The molecule has 1 atom stereocenters. The van der Waals surface area contributed by atoms with Crippen molar-refractivity contribution in [3.05, 3.63) is 90.3 Å². The fraction of sp³-hybridized carbons (Fsp3) is 0.207. The molecule has 3 aromatic carbocycles. The van der Waals surface area contributed by atoms with Gasteiger partial charge in [0, 0.05) is 36.6 Å². The van der Waals surface area contributed by atoms with Crippen molar-refractivity contribution in [3.8, 4) is 16.9 Å². The fourth-order valence-corrected chi connectivity index (χ4v) is 4.30. The second-order valence-corrected chi connectivity index (χ2v) is 8.78. The number of halogens is 3. The molecule has 1 unspecified atom stereocenters. The lowest BCUT2D eigenvalue weighted by Crippen LogP contribution is -2.34. The van der Waals surface area contributed by atoms with E-state index >= 15 is 0 Å². The molecule has 7 nitrogen and oxygen atoms in total. The normalized spacial score (nSPS) is 12.1. The monoisotopic (exact) mass is 536 g/mol. The first-order chi connectivity index (χ1) is 18.7. The third-order valence-corrected chi connectivity index (χ3v) is 6.46. The second kappa shape index (κ2) is 11.4. The summed E-state index contributed by atoms with van der Waals surface area (Å²) in [6, 6.07) is 16.6.